The van der Waals surface area contributed by atoms with Crippen LogP contribution in [0.25, 0.3) is 0 Å². The van der Waals surface area contributed by atoms with Gasteiger partial charge in [-0.3, -0.25) is 0 Å². The first-order chi connectivity index (χ1) is 16.3. The van der Waals surface area contributed by atoms with Crippen molar-refractivity contribution >= 4 is 32.8 Å². The first-order valence-electron chi connectivity index (χ1n) is 9.86. The van der Waals surface area contributed by atoms with Gasteiger partial charge in [0.05, 0.1) is 21.9 Å². The first kappa shape index (κ1) is 26.1. The Labute approximate surface area is 196 Å². The van der Waals surface area contributed by atoms with Crippen molar-refractivity contribution < 1.29 is 39.5 Å². The summed E-state index contributed by atoms with van der Waals surface area (Å²) in [7, 11) is -3.68. The minimum absolute atomic E-state index is 0.0531. The second kappa shape index (κ2) is 9.98. The molecule has 0 aliphatic rings. The van der Waals surface area contributed by atoms with Crippen LogP contribution in [0.2, 0.25) is 0 Å². The van der Waals surface area contributed by atoms with Gasteiger partial charge in [-0.1, -0.05) is 6.92 Å². The van der Waals surface area contributed by atoms with Gasteiger partial charge in [-0.15, -0.1) is 0 Å². The zero-order valence-corrected chi connectivity index (χ0v) is 18.7. The highest BCUT2D eigenvalue weighted by Crippen LogP contribution is 2.33. The Hall–Kier alpha value is -3.55. The fraction of sp³-hybridized carbons (Fsp3) is 0.238. The lowest BCUT2D eigenvalue weighted by Crippen LogP contribution is -2.19. The Morgan fingerprint density at radius 3 is 2.09 bits per heavy atom. The summed E-state index contributed by atoms with van der Waals surface area (Å²) >= 11 is 0. The fourth-order valence-corrected chi connectivity index (χ4v) is 3.68. The lowest BCUT2D eigenvalue weighted by atomic mass is 10.2. The molecule has 3 aromatic rings. The normalized spacial score (nSPS) is 12.3. The van der Waals surface area contributed by atoms with Crippen LogP contribution in [0, 0.1) is 0 Å². The topological polar surface area (TPSA) is 93.2 Å². The van der Waals surface area contributed by atoms with Crippen LogP contribution in [0.4, 0.5) is 49.4 Å². The van der Waals surface area contributed by atoms with Gasteiger partial charge in [0.25, 0.3) is 0 Å². The first-order valence-corrected chi connectivity index (χ1v) is 11.5. The van der Waals surface area contributed by atoms with E-state index in [1.165, 1.54) is 25.1 Å². The number of hydrogen-bond acceptors (Lipinski definition) is 7. The van der Waals surface area contributed by atoms with Crippen LogP contribution >= 0.6 is 0 Å². The molecular formula is C21H18F6N4O3S. The van der Waals surface area contributed by atoms with Gasteiger partial charge in [-0.05, 0) is 42.5 Å². The molecule has 7 nitrogen and oxygen atoms in total. The third-order valence-electron chi connectivity index (χ3n) is 4.50. The number of benzene rings is 2. The van der Waals surface area contributed by atoms with Gasteiger partial charge < -0.3 is 15.4 Å². The molecule has 0 amide bonds. The molecule has 1 aromatic heterocycles. The number of ether oxygens (including phenoxy) is 1. The molecule has 0 atom stereocenters. The molecule has 0 spiro atoms. The van der Waals surface area contributed by atoms with Gasteiger partial charge in [0.1, 0.15) is 23.7 Å². The molecule has 3 rings (SSSR count). The standard InChI is InChI=1S/C21H18F6N4O3S/c1-2-35(32,33)15-7-8-17(34-11-20(22,23)24)16(9-15)31-19-10-18(28-12-29-19)30-14-5-3-13(4-6-14)21(25,26)27/h3-10,12H,2,11H2,1H3,(H2,28,29,30,31). The van der Waals surface area contributed by atoms with E-state index in [9.17, 15) is 34.8 Å². The minimum Gasteiger partial charge on any atom is -0.482 e. The van der Waals surface area contributed by atoms with Crippen molar-refractivity contribution in [2.75, 3.05) is 23.0 Å². The number of halogens is 6. The number of aromatic nitrogens is 2. The Kier molecular flexibility index (Phi) is 7.43. The van der Waals surface area contributed by atoms with Crippen LogP contribution in [0.3, 0.4) is 0 Å². The summed E-state index contributed by atoms with van der Waals surface area (Å²) in [5, 5.41) is 5.48. The minimum atomic E-state index is -4.63. The van der Waals surface area contributed by atoms with E-state index in [0.717, 1.165) is 36.7 Å². The molecule has 0 fully saturated rings. The molecule has 14 heteroatoms. The van der Waals surface area contributed by atoms with Crippen molar-refractivity contribution in [3.05, 3.63) is 60.4 Å². The van der Waals surface area contributed by atoms with Gasteiger partial charge >= 0.3 is 12.4 Å². The van der Waals surface area contributed by atoms with Crippen LogP contribution in [-0.2, 0) is 16.0 Å². The summed E-state index contributed by atoms with van der Waals surface area (Å²) in [5.74, 6) is -0.299. The predicted octanol–water partition coefficient (Wildman–Crippen LogP) is 5.72. The monoisotopic (exact) mass is 520 g/mol. The average molecular weight is 520 g/mol. The van der Waals surface area contributed by atoms with Gasteiger partial charge in [0.2, 0.25) is 0 Å². The van der Waals surface area contributed by atoms with Crippen LogP contribution < -0.4 is 15.4 Å². The average Bonchev–Trinajstić information content (AvgIpc) is 2.77. The summed E-state index contributed by atoms with van der Waals surface area (Å²) in [4.78, 5) is 7.75. The van der Waals surface area contributed by atoms with E-state index in [1.807, 2.05) is 0 Å². The van der Waals surface area contributed by atoms with Crippen molar-refractivity contribution in [3.63, 3.8) is 0 Å². The van der Waals surface area contributed by atoms with Crippen molar-refractivity contribution in [2.45, 2.75) is 24.2 Å². The second-order valence-electron chi connectivity index (χ2n) is 7.08. The molecule has 1 heterocycles. The Morgan fingerprint density at radius 1 is 0.886 bits per heavy atom. The van der Waals surface area contributed by atoms with Crippen molar-refractivity contribution in [1.29, 1.82) is 0 Å². The molecule has 0 bridgehead atoms. The second-order valence-corrected chi connectivity index (χ2v) is 9.36. The van der Waals surface area contributed by atoms with Crippen LogP contribution in [0.5, 0.6) is 5.75 Å². The number of nitrogens with zero attached hydrogens (tertiary/aromatic N) is 2. The Bertz CT molecular complexity index is 1280. The summed E-state index contributed by atoms with van der Waals surface area (Å²) in [6, 6.07) is 8.83. The van der Waals surface area contributed by atoms with E-state index in [-0.39, 0.29) is 39.4 Å². The Balaban J connectivity index is 1.87. The maximum absolute atomic E-state index is 12.7. The molecule has 0 saturated heterocycles. The molecule has 0 radical (unpaired) electrons. The maximum Gasteiger partial charge on any atom is 0.422 e. The quantitative estimate of drug-likeness (QED) is 0.367. The number of sulfone groups is 1. The molecule has 0 aliphatic heterocycles. The van der Waals surface area contributed by atoms with E-state index < -0.39 is 34.4 Å². The molecule has 0 aliphatic carbocycles. The number of hydrogen-bond donors (Lipinski definition) is 2. The smallest absolute Gasteiger partial charge is 0.422 e. The molecular weight excluding hydrogens is 502 g/mol. The summed E-state index contributed by atoms with van der Waals surface area (Å²) in [6.45, 7) is -0.188. The predicted molar refractivity (Wildman–Crippen MR) is 116 cm³/mol. The molecule has 0 saturated carbocycles. The van der Waals surface area contributed by atoms with Crippen molar-refractivity contribution in [3.8, 4) is 5.75 Å². The van der Waals surface area contributed by atoms with Crippen molar-refractivity contribution in [1.82, 2.24) is 9.97 Å². The molecule has 2 N–H and O–H groups in total. The van der Waals surface area contributed by atoms with Crippen molar-refractivity contribution in [2.24, 2.45) is 0 Å². The molecule has 0 unspecified atom stereocenters. The van der Waals surface area contributed by atoms with Gasteiger partial charge in [0.15, 0.2) is 16.4 Å². The largest absolute Gasteiger partial charge is 0.482 e. The molecule has 188 valence electrons. The lowest BCUT2D eigenvalue weighted by Gasteiger charge is -2.16. The number of anilines is 4. The van der Waals surface area contributed by atoms with Gasteiger partial charge in [-0.25, -0.2) is 18.4 Å². The summed E-state index contributed by atoms with van der Waals surface area (Å²) in [6.07, 6.45) is -8.02. The lowest BCUT2D eigenvalue weighted by molar-refractivity contribution is -0.153. The van der Waals surface area contributed by atoms with Gasteiger partial charge in [0, 0.05) is 11.8 Å². The van der Waals surface area contributed by atoms with E-state index in [4.69, 9.17) is 4.74 Å². The highest BCUT2D eigenvalue weighted by molar-refractivity contribution is 7.91. The summed E-state index contributed by atoms with van der Waals surface area (Å²) in [5.41, 5.74) is -0.641. The zero-order chi connectivity index (χ0) is 25.9. The van der Waals surface area contributed by atoms with Crippen LogP contribution in [-0.4, -0.2) is 36.9 Å². The zero-order valence-electron chi connectivity index (χ0n) is 17.9. The highest BCUT2D eigenvalue weighted by atomic mass is 32.2. The highest BCUT2D eigenvalue weighted by Gasteiger charge is 2.30. The van der Waals surface area contributed by atoms with Crippen LogP contribution in [0.15, 0.2) is 59.8 Å². The number of alkyl halides is 6. The Morgan fingerprint density at radius 2 is 1.51 bits per heavy atom. The van der Waals surface area contributed by atoms with E-state index >= 15 is 0 Å². The SMILES string of the molecule is CCS(=O)(=O)c1ccc(OCC(F)(F)F)c(Nc2cc(Nc3ccc(C(F)(F)F)cc3)ncn2)c1. The van der Waals surface area contributed by atoms with E-state index in [2.05, 4.69) is 20.6 Å². The third kappa shape index (κ3) is 7.21. The fourth-order valence-electron chi connectivity index (χ4n) is 2.77. The van der Waals surface area contributed by atoms with E-state index in [0.29, 0.717) is 0 Å². The van der Waals surface area contributed by atoms with Crippen LogP contribution in [0.1, 0.15) is 12.5 Å². The number of nitrogens with one attached hydrogen (secondary N) is 2. The maximum atomic E-state index is 12.7. The van der Waals surface area contributed by atoms with E-state index in [1.54, 1.807) is 0 Å². The van der Waals surface area contributed by atoms with Gasteiger partial charge in [-0.2, -0.15) is 26.3 Å². The third-order valence-corrected chi connectivity index (χ3v) is 6.23. The number of rotatable bonds is 8. The molecule has 35 heavy (non-hydrogen) atoms. The molecule has 2 aromatic carbocycles. The summed E-state index contributed by atoms with van der Waals surface area (Å²) < 4.78 is 105.